The molecule has 0 aliphatic rings. The Balaban J connectivity index is 2.20. The van der Waals surface area contributed by atoms with Gasteiger partial charge in [0.25, 0.3) is 5.56 Å². The lowest BCUT2D eigenvalue weighted by molar-refractivity contribution is 0.0941. The van der Waals surface area contributed by atoms with E-state index in [0.717, 1.165) is 10.0 Å². The van der Waals surface area contributed by atoms with Crippen LogP contribution in [0.5, 0.6) is 0 Å². The van der Waals surface area contributed by atoms with Gasteiger partial charge in [0.05, 0.1) is 6.54 Å². The molecule has 0 saturated heterocycles. The predicted molar refractivity (Wildman–Crippen MR) is 101 cm³/mol. The van der Waals surface area contributed by atoms with Crippen LogP contribution in [0.2, 0.25) is 0 Å². The highest BCUT2D eigenvalue weighted by molar-refractivity contribution is 9.10. The summed E-state index contributed by atoms with van der Waals surface area (Å²) in [7, 11) is 1.78. The second kappa shape index (κ2) is 8.26. The number of halogens is 1. The predicted octanol–water partition coefficient (Wildman–Crippen LogP) is 1.61. The van der Waals surface area contributed by atoms with Gasteiger partial charge in [-0.15, -0.1) is 0 Å². The minimum Gasteiger partial charge on any atom is -0.384 e. The summed E-state index contributed by atoms with van der Waals surface area (Å²) in [5.74, 6) is -0.485. The monoisotopic (exact) mass is 408 g/mol. The van der Waals surface area contributed by atoms with Crippen LogP contribution in [0.25, 0.3) is 0 Å². The maximum absolute atomic E-state index is 12.5. The maximum Gasteiger partial charge on any atom is 0.329 e. The molecular weight excluding hydrogens is 388 g/mol. The molecule has 0 aliphatic carbocycles. The normalized spacial score (nSPS) is 11.0. The van der Waals surface area contributed by atoms with Crippen molar-refractivity contribution in [1.82, 2.24) is 14.5 Å². The van der Waals surface area contributed by atoms with Gasteiger partial charge >= 0.3 is 5.69 Å². The van der Waals surface area contributed by atoms with Crippen LogP contribution in [0.3, 0.4) is 0 Å². The van der Waals surface area contributed by atoms with E-state index >= 15 is 0 Å². The molecule has 1 aromatic carbocycles. The minimum absolute atomic E-state index is 0.0215. The average molecular weight is 409 g/mol. The van der Waals surface area contributed by atoms with Crippen LogP contribution in [0.4, 0.5) is 5.82 Å². The van der Waals surface area contributed by atoms with Gasteiger partial charge < -0.3 is 5.73 Å². The third-order valence-corrected chi connectivity index (χ3v) is 4.27. The number of carbonyl (C=O) groups excluding carboxylic acids is 1. The van der Waals surface area contributed by atoms with Crippen LogP contribution >= 0.6 is 15.9 Å². The number of aromatic amines is 1. The number of aromatic nitrogens is 2. The van der Waals surface area contributed by atoms with Crippen molar-refractivity contribution in [1.29, 1.82) is 0 Å². The van der Waals surface area contributed by atoms with Crippen LogP contribution in [0.1, 0.15) is 29.3 Å². The zero-order valence-electron chi connectivity index (χ0n) is 14.2. The molecule has 0 aliphatic heterocycles. The van der Waals surface area contributed by atoms with Crippen molar-refractivity contribution < 1.29 is 4.79 Å². The van der Waals surface area contributed by atoms with E-state index in [1.165, 1.54) is 4.57 Å². The summed E-state index contributed by atoms with van der Waals surface area (Å²) in [6, 6.07) is 7.75. The Kier molecular flexibility index (Phi) is 6.33. The molecule has 0 spiro atoms. The molecule has 0 bridgehead atoms. The summed E-state index contributed by atoms with van der Waals surface area (Å²) in [5, 5.41) is 0. The van der Waals surface area contributed by atoms with Crippen molar-refractivity contribution >= 4 is 27.5 Å². The number of rotatable bonds is 7. The molecule has 0 unspecified atom stereocenters. The molecule has 0 saturated carbocycles. The first kappa shape index (κ1) is 19.1. The highest BCUT2D eigenvalue weighted by atomic mass is 79.9. The largest absolute Gasteiger partial charge is 0.384 e. The number of nitrogen functional groups attached to an aromatic ring is 1. The van der Waals surface area contributed by atoms with Crippen molar-refractivity contribution in [2.45, 2.75) is 26.4 Å². The van der Waals surface area contributed by atoms with Crippen molar-refractivity contribution in [2.24, 2.45) is 0 Å². The number of nitrogens with zero attached hydrogens (tertiary/aromatic N) is 2. The topological polar surface area (TPSA) is 101 Å². The second-order valence-corrected chi connectivity index (χ2v) is 6.81. The summed E-state index contributed by atoms with van der Waals surface area (Å²) >= 11 is 3.38. The fourth-order valence-electron chi connectivity index (χ4n) is 2.58. The van der Waals surface area contributed by atoms with Crippen molar-refractivity contribution in [3.05, 3.63) is 60.7 Å². The third kappa shape index (κ3) is 4.67. The number of Topliss-reactive ketones (excluding diaryl/α,β-unsaturated/α-hetero) is 1. The first-order chi connectivity index (χ1) is 11.8. The van der Waals surface area contributed by atoms with Crippen LogP contribution in [0.15, 0.2) is 38.3 Å². The van der Waals surface area contributed by atoms with Gasteiger partial charge in [0.15, 0.2) is 5.78 Å². The lowest BCUT2D eigenvalue weighted by Crippen LogP contribution is -2.38. The van der Waals surface area contributed by atoms with Gasteiger partial charge in [-0.2, -0.15) is 0 Å². The number of likely N-dealkylation sites (N-methyl/N-ethyl adjacent to an activating group) is 1. The van der Waals surface area contributed by atoms with E-state index in [1.54, 1.807) is 11.9 Å². The number of nitrogens with one attached hydrogen (secondary N) is 1. The van der Waals surface area contributed by atoms with Gasteiger partial charge in [0, 0.05) is 17.6 Å². The van der Waals surface area contributed by atoms with E-state index in [4.69, 9.17) is 5.73 Å². The van der Waals surface area contributed by atoms with Gasteiger partial charge in [-0.05, 0) is 31.2 Å². The zero-order chi connectivity index (χ0) is 18.6. The van der Waals surface area contributed by atoms with E-state index in [2.05, 4.69) is 20.9 Å². The molecule has 8 heteroatoms. The van der Waals surface area contributed by atoms with Gasteiger partial charge in [-0.3, -0.25) is 24.0 Å². The fraction of sp³-hybridized carbons (Fsp3) is 0.353. The van der Waals surface area contributed by atoms with Crippen LogP contribution in [-0.4, -0.2) is 33.8 Å². The highest BCUT2D eigenvalue weighted by Crippen LogP contribution is 2.12. The Morgan fingerprint density at radius 2 is 1.92 bits per heavy atom. The molecule has 1 heterocycles. The number of anilines is 1. The number of H-pyrrole nitrogens is 1. The Bertz CT molecular complexity index is 871. The zero-order valence-corrected chi connectivity index (χ0v) is 15.8. The summed E-state index contributed by atoms with van der Waals surface area (Å²) in [6.07, 6.45) is 0.660. The number of nitrogens with two attached hydrogens (primary N) is 1. The molecule has 0 fully saturated rings. The third-order valence-electron chi connectivity index (χ3n) is 3.74. The molecule has 25 heavy (non-hydrogen) atoms. The van der Waals surface area contributed by atoms with E-state index in [9.17, 15) is 14.4 Å². The maximum atomic E-state index is 12.5. The van der Waals surface area contributed by atoms with Gasteiger partial charge in [-0.1, -0.05) is 35.0 Å². The molecule has 2 aromatic rings. The molecule has 0 amide bonds. The first-order valence-electron chi connectivity index (χ1n) is 7.92. The van der Waals surface area contributed by atoms with Gasteiger partial charge in [0.1, 0.15) is 11.4 Å². The summed E-state index contributed by atoms with van der Waals surface area (Å²) < 4.78 is 2.20. The lowest BCUT2D eigenvalue weighted by Gasteiger charge is -2.17. The van der Waals surface area contributed by atoms with Crippen LogP contribution in [-0.2, 0) is 13.1 Å². The number of benzene rings is 1. The highest BCUT2D eigenvalue weighted by Gasteiger charge is 2.20. The average Bonchev–Trinajstić information content (AvgIpc) is 2.53. The Morgan fingerprint density at radius 1 is 1.28 bits per heavy atom. The molecule has 2 rings (SSSR count). The van der Waals surface area contributed by atoms with E-state index in [1.807, 2.05) is 31.2 Å². The summed E-state index contributed by atoms with van der Waals surface area (Å²) in [5.41, 5.74) is 5.46. The van der Waals surface area contributed by atoms with Gasteiger partial charge in [-0.25, -0.2) is 4.79 Å². The number of hydrogen-bond donors (Lipinski definition) is 2. The number of hydrogen-bond acceptors (Lipinski definition) is 5. The lowest BCUT2D eigenvalue weighted by atomic mass is 10.1. The summed E-state index contributed by atoms with van der Waals surface area (Å²) in [6.45, 7) is 2.79. The number of ketones is 1. The first-order valence-corrected chi connectivity index (χ1v) is 8.71. The van der Waals surface area contributed by atoms with Crippen molar-refractivity contribution in [3.8, 4) is 0 Å². The van der Waals surface area contributed by atoms with Crippen molar-refractivity contribution in [3.63, 3.8) is 0 Å². The molecule has 1 aromatic heterocycles. The van der Waals surface area contributed by atoms with E-state index < -0.39 is 17.0 Å². The smallest absolute Gasteiger partial charge is 0.329 e. The summed E-state index contributed by atoms with van der Waals surface area (Å²) in [4.78, 5) is 40.4. The standard InChI is InChI=1S/C17H21BrN4O3/c1-3-8-22-15(19)14(16(24)20-17(22)25)13(23)10-21(2)9-11-4-6-12(18)7-5-11/h4-7H,3,8-10,19H2,1-2H3,(H,20,24,25). The minimum atomic E-state index is -0.739. The van der Waals surface area contributed by atoms with E-state index in [0.29, 0.717) is 19.5 Å². The molecule has 134 valence electrons. The van der Waals surface area contributed by atoms with Gasteiger partial charge in [0.2, 0.25) is 0 Å². The Morgan fingerprint density at radius 3 is 2.52 bits per heavy atom. The molecular formula is C17H21BrN4O3. The molecule has 7 nitrogen and oxygen atoms in total. The van der Waals surface area contributed by atoms with Crippen molar-refractivity contribution in [2.75, 3.05) is 19.3 Å². The molecule has 3 N–H and O–H groups in total. The van der Waals surface area contributed by atoms with Crippen LogP contribution in [0, 0.1) is 0 Å². The Hall–Kier alpha value is -2.19. The fourth-order valence-corrected chi connectivity index (χ4v) is 2.85. The van der Waals surface area contributed by atoms with Crippen LogP contribution < -0.4 is 17.0 Å². The number of carbonyl (C=O) groups is 1. The second-order valence-electron chi connectivity index (χ2n) is 5.89. The molecule has 0 radical (unpaired) electrons. The van der Waals surface area contributed by atoms with E-state index in [-0.39, 0.29) is 17.9 Å². The molecule has 0 atom stereocenters. The SMILES string of the molecule is CCCn1c(N)c(C(=O)CN(C)Cc2ccc(Br)cc2)c(=O)[nH]c1=O. The Labute approximate surface area is 153 Å². The quantitative estimate of drug-likeness (QED) is 0.677.